The van der Waals surface area contributed by atoms with Crippen LogP contribution in [0.1, 0.15) is 28.7 Å². The van der Waals surface area contributed by atoms with Crippen molar-refractivity contribution in [3.8, 4) is 5.75 Å². The second kappa shape index (κ2) is 5.00. The van der Waals surface area contributed by atoms with Crippen molar-refractivity contribution in [3.05, 3.63) is 41.5 Å². The summed E-state index contributed by atoms with van der Waals surface area (Å²) in [6.45, 7) is 4.45. The lowest BCUT2D eigenvalue weighted by molar-refractivity contribution is 0.102. The molecule has 2 heterocycles. The zero-order valence-electron chi connectivity index (χ0n) is 10.7. The third kappa shape index (κ3) is 2.11. The highest BCUT2D eigenvalue weighted by Crippen LogP contribution is 2.20. The van der Waals surface area contributed by atoms with Crippen molar-refractivity contribution < 1.29 is 9.53 Å². The first-order chi connectivity index (χ1) is 8.67. The van der Waals surface area contributed by atoms with Crippen LogP contribution in [-0.2, 0) is 6.54 Å². The Kier molecular flexibility index (Phi) is 3.41. The van der Waals surface area contributed by atoms with Crippen LogP contribution in [0.4, 0.5) is 0 Å². The molecule has 0 aliphatic carbocycles. The summed E-state index contributed by atoms with van der Waals surface area (Å²) in [5, 5.41) is 4.12. The molecular formula is C13H15N3O2. The van der Waals surface area contributed by atoms with Gasteiger partial charge in [0.1, 0.15) is 5.69 Å². The van der Waals surface area contributed by atoms with E-state index in [4.69, 9.17) is 4.74 Å². The van der Waals surface area contributed by atoms with Crippen LogP contribution in [0.15, 0.2) is 24.5 Å². The van der Waals surface area contributed by atoms with Gasteiger partial charge in [-0.25, -0.2) is 0 Å². The van der Waals surface area contributed by atoms with Gasteiger partial charge in [-0.1, -0.05) is 0 Å². The maximum Gasteiger partial charge on any atom is 0.233 e. The molecular weight excluding hydrogens is 230 g/mol. The van der Waals surface area contributed by atoms with Crippen molar-refractivity contribution in [2.45, 2.75) is 20.4 Å². The first-order valence-electron chi connectivity index (χ1n) is 5.74. The number of carbonyl (C=O) groups is 1. The van der Waals surface area contributed by atoms with E-state index in [1.807, 2.05) is 19.9 Å². The zero-order chi connectivity index (χ0) is 13.1. The molecule has 0 N–H and O–H groups in total. The van der Waals surface area contributed by atoms with Crippen molar-refractivity contribution in [1.82, 2.24) is 14.8 Å². The Balaban J connectivity index is 2.48. The van der Waals surface area contributed by atoms with E-state index in [0.29, 0.717) is 23.7 Å². The number of methoxy groups -OCH3 is 1. The molecule has 5 heteroatoms. The lowest BCUT2D eigenvalue weighted by Crippen LogP contribution is -2.13. The normalized spacial score (nSPS) is 10.4. The minimum absolute atomic E-state index is 0.171. The molecule has 0 saturated heterocycles. The first kappa shape index (κ1) is 12.3. The maximum atomic E-state index is 12.4. The summed E-state index contributed by atoms with van der Waals surface area (Å²) in [5.74, 6) is 0.306. The van der Waals surface area contributed by atoms with Gasteiger partial charge in [-0.15, -0.1) is 0 Å². The maximum absolute atomic E-state index is 12.4. The van der Waals surface area contributed by atoms with Crippen LogP contribution in [0, 0.1) is 6.92 Å². The SMILES string of the molecule is CCn1ncc(OC)c1C(=O)c1cc(C)ccn1. The van der Waals surface area contributed by atoms with Gasteiger partial charge in [0.25, 0.3) is 0 Å². The van der Waals surface area contributed by atoms with E-state index in [1.54, 1.807) is 23.1 Å². The van der Waals surface area contributed by atoms with E-state index in [-0.39, 0.29) is 5.78 Å². The summed E-state index contributed by atoms with van der Waals surface area (Å²) in [6.07, 6.45) is 3.17. The minimum atomic E-state index is -0.171. The minimum Gasteiger partial charge on any atom is -0.493 e. The number of aryl methyl sites for hydroxylation is 2. The van der Waals surface area contributed by atoms with E-state index >= 15 is 0 Å². The molecule has 0 bridgehead atoms. The molecule has 0 aliphatic heterocycles. The monoisotopic (exact) mass is 245 g/mol. The van der Waals surface area contributed by atoms with Gasteiger partial charge in [0, 0.05) is 12.7 Å². The third-order valence-electron chi connectivity index (χ3n) is 2.69. The Morgan fingerprint density at radius 1 is 1.50 bits per heavy atom. The average Bonchev–Trinajstić information content (AvgIpc) is 2.80. The lowest BCUT2D eigenvalue weighted by Gasteiger charge is -2.06. The van der Waals surface area contributed by atoms with Crippen LogP contribution in [0.5, 0.6) is 5.75 Å². The van der Waals surface area contributed by atoms with Gasteiger partial charge < -0.3 is 4.74 Å². The Bertz CT molecular complexity index is 554. The first-order valence-corrected chi connectivity index (χ1v) is 5.74. The second-order valence-electron chi connectivity index (χ2n) is 3.92. The van der Waals surface area contributed by atoms with Gasteiger partial charge in [-0.3, -0.25) is 14.5 Å². The number of ketones is 1. The quantitative estimate of drug-likeness (QED) is 0.771. The highest BCUT2D eigenvalue weighted by Gasteiger charge is 2.21. The van der Waals surface area contributed by atoms with Crippen molar-refractivity contribution in [3.63, 3.8) is 0 Å². The standard InChI is InChI=1S/C13H15N3O2/c1-4-16-12(11(18-3)8-15-16)13(17)10-7-9(2)5-6-14-10/h5-8H,4H2,1-3H3. The molecule has 2 aromatic heterocycles. The Labute approximate surface area is 105 Å². The summed E-state index contributed by atoms with van der Waals surface area (Å²) < 4.78 is 6.78. The van der Waals surface area contributed by atoms with Gasteiger partial charge >= 0.3 is 0 Å². The fourth-order valence-electron chi connectivity index (χ4n) is 1.77. The Hall–Kier alpha value is -2.17. The highest BCUT2D eigenvalue weighted by molar-refractivity contribution is 6.08. The fourth-order valence-corrected chi connectivity index (χ4v) is 1.77. The molecule has 5 nitrogen and oxygen atoms in total. The van der Waals surface area contributed by atoms with Gasteiger partial charge in [0.15, 0.2) is 11.4 Å². The predicted molar refractivity (Wildman–Crippen MR) is 66.9 cm³/mol. The number of aromatic nitrogens is 3. The molecule has 0 unspecified atom stereocenters. The Morgan fingerprint density at radius 2 is 2.28 bits per heavy atom. The molecule has 0 fully saturated rings. The zero-order valence-corrected chi connectivity index (χ0v) is 10.7. The summed E-state index contributed by atoms with van der Waals surface area (Å²) in [4.78, 5) is 16.5. The lowest BCUT2D eigenvalue weighted by atomic mass is 10.1. The number of ether oxygens (including phenoxy) is 1. The predicted octanol–water partition coefficient (Wildman–Crippen LogP) is 1.85. The number of hydrogen-bond donors (Lipinski definition) is 0. The number of nitrogens with zero attached hydrogens (tertiary/aromatic N) is 3. The smallest absolute Gasteiger partial charge is 0.233 e. The summed E-state index contributed by atoms with van der Waals surface area (Å²) in [6, 6.07) is 3.61. The van der Waals surface area contributed by atoms with Crippen LogP contribution in [0.2, 0.25) is 0 Å². The summed E-state index contributed by atoms with van der Waals surface area (Å²) in [5.41, 5.74) is 1.84. The topological polar surface area (TPSA) is 57.0 Å². The average molecular weight is 245 g/mol. The molecule has 0 atom stereocenters. The number of hydrogen-bond acceptors (Lipinski definition) is 4. The van der Waals surface area contributed by atoms with E-state index in [0.717, 1.165) is 5.56 Å². The van der Waals surface area contributed by atoms with E-state index < -0.39 is 0 Å². The van der Waals surface area contributed by atoms with E-state index in [2.05, 4.69) is 10.1 Å². The molecule has 2 rings (SSSR count). The molecule has 18 heavy (non-hydrogen) atoms. The van der Waals surface area contributed by atoms with Crippen LogP contribution >= 0.6 is 0 Å². The van der Waals surface area contributed by atoms with Crippen LogP contribution in [-0.4, -0.2) is 27.7 Å². The summed E-state index contributed by atoms with van der Waals surface area (Å²) in [7, 11) is 1.53. The molecule has 0 aliphatic rings. The van der Waals surface area contributed by atoms with Gasteiger partial charge in [-0.05, 0) is 31.5 Å². The molecule has 0 spiro atoms. The molecule has 2 aromatic rings. The van der Waals surface area contributed by atoms with Crippen molar-refractivity contribution in [1.29, 1.82) is 0 Å². The van der Waals surface area contributed by atoms with Crippen molar-refractivity contribution in [2.24, 2.45) is 0 Å². The van der Waals surface area contributed by atoms with Gasteiger partial charge in [-0.2, -0.15) is 5.10 Å². The third-order valence-corrected chi connectivity index (χ3v) is 2.69. The largest absolute Gasteiger partial charge is 0.493 e. The number of pyridine rings is 1. The van der Waals surface area contributed by atoms with E-state index in [9.17, 15) is 4.79 Å². The van der Waals surface area contributed by atoms with Crippen molar-refractivity contribution >= 4 is 5.78 Å². The fraction of sp³-hybridized carbons (Fsp3) is 0.308. The second-order valence-corrected chi connectivity index (χ2v) is 3.92. The van der Waals surface area contributed by atoms with Crippen molar-refractivity contribution in [2.75, 3.05) is 7.11 Å². The number of rotatable bonds is 4. The molecule has 94 valence electrons. The van der Waals surface area contributed by atoms with Gasteiger partial charge in [0.2, 0.25) is 5.78 Å². The van der Waals surface area contributed by atoms with Crippen LogP contribution in [0.3, 0.4) is 0 Å². The van der Waals surface area contributed by atoms with Crippen LogP contribution < -0.4 is 4.74 Å². The molecule has 0 saturated carbocycles. The molecule has 0 aromatic carbocycles. The van der Waals surface area contributed by atoms with Gasteiger partial charge in [0.05, 0.1) is 13.3 Å². The summed E-state index contributed by atoms with van der Waals surface area (Å²) >= 11 is 0. The molecule has 0 amide bonds. The van der Waals surface area contributed by atoms with E-state index in [1.165, 1.54) is 7.11 Å². The van der Waals surface area contributed by atoms with Crippen LogP contribution in [0.25, 0.3) is 0 Å². The highest BCUT2D eigenvalue weighted by atomic mass is 16.5. The molecule has 0 radical (unpaired) electrons. The Morgan fingerprint density at radius 3 is 2.89 bits per heavy atom. The number of carbonyl (C=O) groups excluding carboxylic acids is 1.